The number of H-pyrrole nitrogens is 1. The zero-order chi connectivity index (χ0) is 10.2. The van der Waals surface area contributed by atoms with Crippen LogP contribution in [0.15, 0.2) is 6.20 Å². The number of hydrogen-bond acceptors (Lipinski definition) is 1. The van der Waals surface area contributed by atoms with Gasteiger partial charge >= 0.3 is 6.18 Å². The first-order valence-corrected chi connectivity index (χ1v) is 3.60. The minimum Gasteiger partial charge on any atom is -0.364 e. The Morgan fingerprint density at radius 1 is 1.38 bits per heavy atom. The van der Waals surface area contributed by atoms with Crippen LogP contribution in [-0.4, -0.2) is 16.9 Å². The molecule has 0 bridgehead atoms. The molecule has 0 saturated heterocycles. The number of aryl methyl sites for hydroxylation is 2. The molecule has 72 valence electrons. The van der Waals surface area contributed by atoms with Gasteiger partial charge in [-0.15, -0.1) is 0 Å². The Bertz CT molecular complexity index is 318. The van der Waals surface area contributed by atoms with Gasteiger partial charge in [-0.2, -0.15) is 13.2 Å². The second-order valence-electron chi connectivity index (χ2n) is 2.80. The number of aromatic amines is 1. The van der Waals surface area contributed by atoms with E-state index in [1.807, 2.05) is 0 Å². The van der Waals surface area contributed by atoms with E-state index < -0.39 is 12.0 Å². The van der Waals surface area contributed by atoms with E-state index in [1.54, 1.807) is 0 Å². The second kappa shape index (κ2) is 2.90. The smallest absolute Gasteiger partial charge is 0.364 e. The van der Waals surface area contributed by atoms with Gasteiger partial charge in [0.2, 0.25) is 0 Å². The third kappa shape index (κ3) is 1.74. The molecule has 5 heteroatoms. The van der Waals surface area contributed by atoms with Crippen LogP contribution in [0.4, 0.5) is 13.2 Å². The predicted octanol–water partition coefficient (Wildman–Crippen LogP) is 2.38. The maximum absolute atomic E-state index is 12.0. The molecule has 0 unspecified atom stereocenters. The van der Waals surface area contributed by atoms with Crippen molar-refractivity contribution in [2.24, 2.45) is 0 Å². The van der Waals surface area contributed by atoms with Crippen LogP contribution in [0.3, 0.4) is 0 Å². The fourth-order valence-electron chi connectivity index (χ4n) is 1.15. The van der Waals surface area contributed by atoms with E-state index in [1.165, 1.54) is 20.0 Å². The van der Waals surface area contributed by atoms with Crippen molar-refractivity contribution in [2.75, 3.05) is 0 Å². The number of nitrogens with one attached hydrogen (secondary N) is 1. The summed E-state index contributed by atoms with van der Waals surface area (Å²) in [6.07, 6.45) is -3.41. The molecule has 13 heavy (non-hydrogen) atoms. The fourth-order valence-corrected chi connectivity index (χ4v) is 1.15. The lowest BCUT2D eigenvalue weighted by Crippen LogP contribution is -2.23. The molecule has 0 spiro atoms. The summed E-state index contributed by atoms with van der Waals surface area (Å²) >= 11 is 0. The van der Waals surface area contributed by atoms with Crippen molar-refractivity contribution >= 4 is 5.78 Å². The molecule has 0 aliphatic heterocycles. The van der Waals surface area contributed by atoms with Crippen molar-refractivity contribution in [3.8, 4) is 0 Å². The van der Waals surface area contributed by atoms with Crippen LogP contribution >= 0.6 is 0 Å². The highest BCUT2D eigenvalue weighted by molar-refractivity contribution is 6.02. The normalized spacial score (nSPS) is 11.8. The Morgan fingerprint density at radius 2 is 1.92 bits per heavy atom. The third-order valence-corrected chi connectivity index (χ3v) is 1.76. The quantitative estimate of drug-likeness (QED) is 0.679. The van der Waals surface area contributed by atoms with Crippen molar-refractivity contribution in [3.05, 3.63) is 23.0 Å². The van der Waals surface area contributed by atoms with Crippen LogP contribution in [0.5, 0.6) is 0 Å². The minimum absolute atomic E-state index is 0.250. The molecular formula is C8H8F3NO. The minimum atomic E-state index is -4.79. The lowest BCUT2D eigenvalue weighted by molar-refractivity contribution is -0.0886. The van der Waals surface area contributed by atoms with Crippen LogP contribution in [0.25, 0.3) is 0 Å². The van der Waals surface area contributed by atoms with Gasteiger partial charge in [-0.3, -0.25) is 4.79 Å². The molecule has 1 heterocycles. The standard InChI is InChI=1S/C8H8F3NO/c1-4-3-12-5(2)6(4)7(13)8(9,10)11/h3,12H,1-2H3. The van der Waals surface area contributed by atoms with E-state index in [2.05, 4.69) is 4.98 Å². The number of rotatable bonds is 1. The number of halogens is 3. The van der Waals surface area contributed by atoms with Crippen molar-refractivity contribution in [1.82, 2.24) is 4.98 Å². The Hall–Kier alpha value is -1.26. The van der Waals surface area contributed by atoms with Crippen molar-refractivity contribution < 1.29 is 18.0 Å². The monoisotopic (exact) mass is 191 g/mol. The first-order chi connectivity index (χ1) is 5.84. The first-order valence-electron chi connectivity index (χ1n) is 3.60. The Labute approximate surface area is 72.8 Å². The molecule has 1 rings (SSSR count). The molecule has 0 saturated carbocycles. The number of alkyl halides is 3. The van der Waals surface area contributed by atoms with Crippen LogP contribution < -0.4 is 0 Å². The topological polar surface area (TPSA) is 32.9 Å². The summed E-state index contributed by atoms with van der Waals surface area (Å²) in [6, 6.07) is 0. The van der Waals surface area contributed by atoms with Crippen molar-refractivity contribution in [3.63, 3.8) is 0 Å². The second-order valence-corrected chi connectivity index (χ2v) is 2.80. The van der Waals surface area contributed by atoms with Gasteiger partial charge in [-0.05, 0) is 19.4 Å². The number of carbonyl (C=O) groups excluding carboxylic acids is 1. The van der Waals surface area contributed by atoms with Gasteiger partial charge in [0.25, 0.3) is 5.78 Å². The largest absolute Gasteiger partial charge is 0.454 e. The zero-order valence-electron chi connectivity index (χ0n) is 7.12. The SMILES string of the molecule is Cc1c[nH]c(C)c1C(=O)C(F)(F)F. The highest BCUT2D eigenvalue weighted by Crippen LogP contribution is 2.25. The average molecular weight is 191 g/mol. The van der Waals surface area contributed by atoms with Crippen molar-refractivity contribution in [1.29, 1.82) is 0 Å². The van der Waals surface area contributed by atoms with Gasteiger partial charge in [-0.1, -0.05) is 0 Å². The molecule has 1 aromatic rings. The molecular weight excluding hydrogens is 183 g/mol. The Balaban J connectivity index is 3.16. The third-order valence-electron chi connectivity index (χ3n) is 1.76. The number of Topliss-reactive ketones (excluding diaryl/α,β-unsaturated/α-hetero) is 1. The van der Waals surface area contributed by atoms with E-state index in [-0.39, 0.29) is 11.3 Å². The summed E-state index contributed by atoms with van der Waals surface area (Å²) in [5.41, 5.74) is 0.298. The lowest BCUT2D eigenvalue weighted by Gasteiger charge is -2.05. The molecule has 2 nitrogen and oxygen atoms in total. The number of carbonyl (C=O) groups is 1. The van der Waals surface area contributed by atoms with Crippen molar-refractivity contribution in [2.45, 2.75) is 20.0 Å². The van der Waals surface area contributed by atoms with Gasteiger partial charge in [0.1, 0.15) is 0 Å². The highest BCUT2D eigenvalue weighted by atomic mass is 19.4. The van der Waals surface area contributed by atoms with Gasteiger partial charge < -0.3 is 4.98 Å². The van der Waals surface area contributed by atoms with E-state index in [9.17, 15) is 18.0 Å². The highest BCUT2D eigenvalue weighted by Gasteiger charge is 2.41. The summed E-state index contributed by atoms with van der Waals surface area (Å²) in [7, 11) is 0. The fraction of sp³-hybridized carbons (Fsp3) is 0.375. The van der Waals surface area contributed by atoms with Gasteiger partial charge in [0, 0.05) is 11.9 Å². The van der Waals surface area contributed by atoms with Gasteiger partial charge in [0.05, 0.1) is 5.56 Å². The summed E-state index contributed by atoms with van der Waals surface area (Å²) < 4.78 is 36.0. The van der Waals surface area contributed by atoms with E-state index >= 15 is 0 Å². The van der Waals surface area contributed by atoms with Crippen LogP contribution in [0.2, 0.25) is 0 Å². The molecule has 0 fully saturated rings. The molecule has 0 amide bonds. The maximum atomic E-state index is 12.0. The van der Waals surface area contributed by atoms with E-state index in [0.29, 0.717) is 5.56 Å². The predicted molar refractivity (Wildman–Crippen MR) is 40.7 cm³/mol. The van der Waals surface area contributed by atoms with Crippen LogP contribution in [-0.2, 0) is 0 Å². The Morgan fingerprint density at radius 3 is 2.23 bits per heavy atom. The molecule has 1 aromatic heterocycles. The first kappa shape index (κ1) is 9.83. The molecule has 0 atom stereocenters. The molecule has 1 N–H and O–H groups in total. The number of aromatic nitrogens is 1. The maximum Gasteiger partial charge on any atom is 0.454 e. The van der Waals surface area contributed by atoms with E-state index in [4.69, 9.17) is 0 Å². The van der Waals surface area contributed by atoms with Crippen LogP contribution in [0.1, 0.15) is 21.6 Å². The summed E-state index contributed by atoms with van der Waals surface area (Å²) in [6.45, 7) is 2.90. The molecule has 0 aliphatic rings. The molecule has 0 aliphatic carbocycles. The summed E-state index contributed by atoms with van der Waals surface area (Å²) in [4.78, 5) is 13.4. The number of hydrogen-bond donors (Lipinski definition) is 1. The zero-order valence-corrected chi connectivity index (χ0v) is 7.12. The van der Waals surface area contributed by atoms with E-state index in [0.717, 1.165) is 0 Å². The van der Waals surface area contributed by atoms with Gasteiger partial charge in [-0.25, -0.2) is 0 Å². The summed E-state index contributed by atoms with van der Waals surface area (Å²) in [5, 5.41) is 0. The van der Waals surface area contributed by atoms with Crippen LogP contribution in [0, 0.1) is 13.8 Å². The average Bonchev–Trinajstić information content (AvgIpc) is 2.28. The summed E-state index contributed by atoms with van der Waals surface area (Å²) in [5.74, 6) is -1.79. The lowest BCUT2D eigenvalue weighted by atomic mass is 10.1. The van der Waals surface area contributed by atoms with Gasteiger partial charge in [0.15, 0.2) is 0 Å². The Kier molecular flexibility index (Phi) is 2.19. The molecule has 0 radical (unpaired) electrons. The number of ketones is 1. The molecule has 0 aromatic carbocycles.